The van der Waals surface area contributed by atoms with Gasteiger partial charge < -0.3 is 9.47 Å². The van der Waals surface area contributed by atoms with Crippen LogP contribution in [0.5, 0.6) is 0 Å². The van der Waals surface area contributed by atoms with Gasteiger partial charge in [-0.1, -0.05) is 28.8 Å². The van der Waals surface area contributed by atoms with Crippen molar-refractivity contribution in [1.29, 1.82) is 0 Å². The maximum absolute atomic E-state index is 12.6. The summed E-state index contributed by atoms with van der Waals surface area (Å²) in [6.45, 7) is 10.1. The molecule has 0 saturated carbocycles. The molecule has 29 heavy (non-hydrogen) atoms. The molecule has 1 aromatic carbocycles. The molecule has 154 valence electrons. The minimum absolute atomic E-state index is 0.0858. The Morgan fingerprint density at radius 1 is 0.966 bits per heavy atom. The van der Waals surface area contributed by atoms with E-state index in [2.05, 4.69) is 5.10 Å². The highest BCUT2D eigenvalue weighted by Crippen LogP contribution is 2.18. The Hall–Kier alpha value is -3.15. The first kappa shape index (κ1) is 22.1. The second-order valence-electron chi connectivity index (χ2n) is 7.27. The first-order valence-corrected chi connectivity index (χ1v) is 9.51. The number of aryl methyl sites for hydroxylation is 1. The Kier molecular flexibility index (Phi) is 7.95. The Morgan fingerprint density at radius 2 is 1.55 bits per heavy atom. The van der Waals surface area contributed by atoms with Crippen molar-refractivity contribution >= 4 is 11.9 Å². The Morgan fingerprint density at radius 3 is 2.14 bits per heavy atom. The Labute approximate surface area is 171 Å². The van der Waals surface area contributed by atoms with Gasteiger partial charge in [-0.15, -0.1) is 0 Å². The van der Waals surface area contributed by atoms with Crippen LogP contribution in [-0.2, 0) is 20.7 Å². The highest BCUT2D eigenvalue weighted by atomic mass is 16.5. The molecule has 0 amide bonds. The van der Waals surface area contributed by atoms with Crippen molar-refractivity contribution in [1.82, 2.24) is 9.78 Å². The van der Waals surface area contributed by atoms with E-state index in [4.69, 9.17) is 9.47 Å². The van der Waals surface area contributed by atoms with E-state index >= 15 is 0 Å². The molecule has 6 heteroatoms. The van der Waals surface area contributed by atoms with Gasteiger partial charge in [0.2, 0.25) is 0 Å². The lowest BCUT2D eigenvalue weighted by Gasteiger charge is -2.10. The average molecular weight is 396 g/mol. The van der Waals surface area contributed by atoms with Gasteiger partial charge >= 0.3 is 11.9 Å². The molecule has 2 aromatic rings. The lowest BCUT2D eigenvalue weighted by Crippen LogP contribution is -2.16. The van der Waals surface area contributed by atoms with E-state index < -0.39 is 11.9 Å². The number of hydrogen-bond donors (Lipinski definition) is 0. The molecule has 6 nitrogen and oxygen atoms in total. The molecule has 0 atom stereocenters. The van der Waals surface area contributed by atoms with Crippen molar-refractivity contribution in [3.8, 4) is 5.69 Å². The summed E-state index contributed by atoms with van der Waals surface area (Å²) >= 11 is 0. The van der Waals surface area contributed by atoms with E-state index in [9.17, 15) is 9.59 Å². The molecule has 0 radical (unpaired) electrons. The van der Waals surface area contributed by atoms with Crippen molar-refractivity contribution in [3.63, 3.8) is 0 Å². The van der Waals surface area contributed by atoms with Crippen LogP contribution in [-0.4, -0.2) is 34.9 Å². The summed E-state index contributed by atoms with van der Waals surface area (Å²) in [5.74, 6) is -0.956. The van der Waals surface area contributed by atoms with Crippen LogP contribution in [0.25, 0.3) is 5.69 Å². The molecule has 2 rings (SSSR count). The molecule has 0 aliphatic carbocycles. The van der Waals surface area contributed by atoms with Gasteiger partial charge in [0.1, 0.15) is 18.8 Å². The van der Waals surface area contributed by atoms with Crippen molar-refractivity contribution in [3.05, 3.63) is 70.6 Å². The van der Waals surface area contributed by atoms with Crippen molar-refractivity contribution < 1.29 is 19.1 Å². The highest BCUT2D eigenvalue weighted by molar-refractivity contribution is 5.92. The normalized spacial score (nSPS) is 10.2. The van der Waals surface area contributed by atoms with Crippen LogP contribution in [0.3, 0.4) is 0 Å². The van der Waals surface area contributed by atoms with Gasteiger partial charge in [-0.2, -0.15) is 5.10 Å². The van der Waals surface area contributed by atoms with Crippen molar-refractivity contribution in [2.45, 2.75) is 41.0 Å². The first-order valence-electron chi connectivity index (χ1n) is 9.51. The maximum atomic E-state index is 12.6. The number of carbonyl (C=O) groups is 2. The number of esters is 2. The molecule has 0 saturated heterocycles. The second kappa shape index (κ2) is 10.4. The number of ether oxygens (including phenoxy) is 2. The van der Waals surface area contributed by atoms with Crippen LogP contribution in [0.15, 0.2) is 53.8 Å². The van der Waals surface area contributed by atoms with Crippen LogP contribution < -0.4 is 0 Å². The van der Waals surface area contributed by atoms with Crippen LogP contribution in [0.1, 0.15) is 49.3 Å². The maximum Gasteiger partial charge on any atom is 0.341 e. The fourth-order valence-corrected chi connectivity index (χ4v) is 2.47. The lowest BCUT2D eigenvalue weighted by molar-refractivity contribution is -0.141. The number of carbonyl (C=O) groups excluding carboxylic acids is 2. The third-order valence-electron chi connectivity index (χ3n) is 4.12. The predicted molar refractivity (Wildman–Crippen MR) is 112 cm³/mol. The monoisotopic (exact) mass is 396 g/mol. The van der Waals surface area contributed by atoms with E-state index in [1.54, 1.807) is 4.68 Å². The third-order valence-corrected chi connectivity index (χ3v) is 4.12. The zero-order valence-corrected chi connectivity index (χ0v) is 17.7. The summed E-state index contributed by atoms with van der Waals surface area (Å²) < 4.78 is 12.2. The summed E-state index contributed by atoms with van der Waals surface area (Å²) in [5.41, 5.74) is 4.67. The summed E-state index contributed by atoms with van der Waals surface area (Å²) in [7, 11) is 0. The molecule has 1 aromatic heterocycles. The number of hydrogen-bond acceptors (Lipinski definition) is 5. The lowest BCUT2D eigenvalue weighted by atomic mass is 10.1. The minimum Gasteiger partial charge on any atom is -0.461 e. The Bertz CT molecular complexity index is 913. The topological polar surface area (TPSA) is 70.4 Å². The minimum atomic E-state index is -0.520. The van der Waals surface area contributed by atoms with Gasteiger partial charge in [-0.05, 0) is 58.9 Å². The van der Waals surface area contributed by atoms with Gasteiger partial charge in [0, 0.05) is 0 Å². The second-order valence-corrected chi connectivity index (χ2v) is 7.27. The molecule has 0 fully saturated rings. The summed E-state index contributed by atoms with van der Waals surface area (Å²) in [5, 5.41) is 4.32. The van der Waals surface area contributed by atoms with Crippen LogP contribution in [0.4, 0.5) is 0 Å². The smallest absolute Gasteiger partial charge is 0.341 e. The third kappa shape index (κ3) is 6.75. The van der Waals surface area contributed by atoms with Crippen LogP contribution >= 0.6 is 0 Å². The molecular weight excluding hydrogens is 368 g/mol. The predicted octanol–water partition coefficient (Wildman–Crippen LogP) is 4.36. The van der Waals surface area contributed by atoms with Gasteiger partial charge in [-0.25, -0.2) is 9.48 Å². The van der Waals surface area contributed by atoms with E-state index in [1.165, 1.54) is 6.20 Å². The summed E-state index contributed by atoms with van der Waals surface area (Å²) in [6.07, 6.45) is 4.99. The molecule has 0 unspecified atom stereocenters. The molecule has 0 spiro atoms. The van der Waals surface area contributed by atoms with Gasteiger partial charge in [0.25, 0.3) is 0 Å². The van der Waals surface area contributed by atoms with E-state index in [0.717, 1.165) is 22.4 Å². The molecular formula is C23H28N2O4. The zero-order valence-electron chi connectivity index (χ0n) is 17.7. The first-order chi connectivity index (χ1) is 13.8. The molecule has 0 aliphatic heterocycles. The van der Waals surface area contributed by atoms with Crippen LogP contribution in [0.2, 0.25) is 0 Å². The molecule has 1 heterocycles. The fourth-order valence-electron chi connectivity index (χ4n) is 2.47. The average Bonchev–Trinajstić information content (AvgIpc) is 3.05. The zero-order chi connectivity index (χ0) is 21.4. The molecule has 0 aliphatic rings. The number of rotatable bonds is 8. The number of benzene rings is 1. The van der Waals surface area contributed by atoms with Gasteiger partial charge in [-0.3, -0.25) is 4.79 Å². The van der Waals surface area contributed by atoms with Gasteiger partial charge in [0.05, 0.1) is 24.0 Å². The number of aromatic nitrogens is 2. The Balaban J connectivity index is 2.29. The van der Waals surface area contributed by atoms with Crippen LogP contribution in [0, 0.1) is 6.92 Å². The van der Waals surface area contributed by atoms with Crippen molar-refractivity contribution in [2.75, 3.05) is 13.2 Å². The summed E-state index contributed by atoms with van der Waals surface area (Å²) in [4.78, 5) is 24.9. The van der Waals surface area contributed by atoms with E-state index in [0.29, 0.717) is 5.69 Å². The van der Waals surface area contributed by atoms with E-state index in [1.807, 2.05) is 71.0 Å². The highest BCUT2D eigenvalue weighted by Gasteiger charge is 2.22. The van der Waals surface area contributed by atoms with Crippen molar-refractivity contribution in [2.24, 2.45) is 0 Å². The summed E-state index contributed by atoms with van der Waals surface area (Å²) in [6, 6.07) is 7.67. The fraction of sp³-hybridized carbons (Fsp3) is 0.348. The molecule has 0 bridgehead atoms. The van der Waals surface area contributed by atoms with Gasteiger partial charge in [0.15, 0.2) is 0 Å². The SMILES string of the molecule is CC(C)=CCOC(=O)Cc1c(C(=O)OCC=C(C)C)cnn1-c1ccc(C)cc1. The standard InChI is InChI=1S/C23H28N2O4/c1-16(2)10-12-28-22(26)14-21-20(23(27)29-13-11-17(3)4)15-24-25(21)19-8-6-18(5)7-9-19/h6-11,15H,12-14H2,1-5H3. The largest absolute Gasteiger partial charge is 0.461 e. The van der Waals surface area contributed by atoms with E-state index in [-0.39, 0.29) is 25.2 Å². The quantitative estimate of drug-likeness (QED) is 0.490. The number of allylic oxidation sites excluding steroid dienone is 2. The number of nitrogens with zero attached hydrogens (tertiary/aromatic N) is 2. The molecule has 0 N–H and O–H groups in total.